The summed E-state index contributed by atoms with van der Waals surface area (Å²) in [6.07, 6.45) is 10.5. The molecule has 1 heterocycles. The summed E-state index contributed by atoms with van der Waals surface area (Å²) < 4.78 is 10.8. The number of ether oxygens (including phenoxy) is 2. The van der Waals surface area contributed by atoms with Crippen LogP contribution in [0.15, 0.2) is 47.9 Å². The van der Waals surface area contributed by atoms with Crippen molar-refractivity contribution in [2.45, 2.75) is 77.4 Å². The van der Waals surface area contributed by atoms with Crippen molar-refractivity contribution < 1.29 is 19.1 Å². The monoisotopic (exact) mass is 483 g/mol. The van der Waals surface area contributed by atoms with E-state index in [0.29, 0.717) is 18.8 Å². The van der Waals surface area contributed by atoms with Gasteiger partial charge < -0.3 is 24.6 Å². The molecule has 2 amide bonds. The van der Waals surface area contributed by atoms with Gasteiger partial charge in [-0.25, -0.2) is 0 Å². The molecular formula is C28H41N3O4. The second-order valence-corrected chi connectivity index (χ2v) is 9.65. The van der Waals surface area contributed by atoms with Crippen LogP contribution in [0.2, 0.25) is 0 Å². The van der Waals surface area contributed by atoms with Crippen LogP contribution in [0, 0.1) is 0 Å². The number of nitrogens with zero attached hydrogens (tertiary/aromatic N) is 2. The molecule has 1 aliphatic heterocycles. The number of piperazine rings is 1. The number of nitrogens with one attached hydrogen (secondary N) is 1. The summed E-state index contributed by atoms with van der Waals surface area (Å²) in [5.74, 6) is 1.27. The maximum Gasteiger partial charge on any atom is 0.247 e. The first-order chi connectivity index (χ1) is 16.9. The number of methoxy groups -OCH3 is 2. The molecule has 7 heteroatoms. The van der Waals surface area contributed by atoms with Crippen LogP contribution in [-0.2, 0) is 20.9 Å². The fraction of sp³-hybridized carbons (Fsp3) is 0.571. The molecule has 1 unspecified atom stereocenters. The number of carbonyl (C=O) groups excluding carboxylic acids is 2. The maximum absolute atomic E-state index is 13.9. The molecule has 1 saturated heterocycles. The van der Waals surface area contributed by atoms with Crippen LogP contribution in [0.1, 0.15) is 64.9 Å². The molecule has 35 heavy (non-hydrogen) atoms. The van der Waals surface area contributed by atoms with Crippen LogP contribution >= 0.6 is 0 Å². The molecule has 7 nitrogen and oxygen atoms in total. The molecule has 2 fully saturated rings. The minimum Gasteiger partial charge on any atom is -0.497 e. The number of hydrogen-bond acceptors (Lipinski definition) is 5. The molecule has 0 bridgehead atoms. The maximum atomic E-state index is 13.9. The molecule has 1 aromatic rings. The number of rotatable bonds is 8. The van der Waals surface area contributed by atoms with Crippen molar-refractivity contribution >= 4 is 11.8 Å². The SMILES string of the molecule is C/C=C(OC)/C(=C/C)N1CC(=O)N(Cc2ccc(OC)cc2)C(C)(C(=O)NC2CCCCCC2)C1. The van der Waals surface area contributed by atoms with E-state index in [1.165, 1.54) is 12.8 Å². The van der Waals surface area contributed by atoms with Gasteiger partial charge in [-0.15, -0.1) is 0 Å². The molecule has 3 rings (SSSR count). The third kappa shape index (κ3) is 6.19. The summed E-state index contributed by atoms with van der Waals surface area (Å²) in [6, 6.07) is 7.81. The summed E-state index contributed by atoms with van der Waals surface area (Å²) in [5.41, 5.74) is 0.738. The van der Waals surface area contributed by atoms with Crippen LogP contribution < -0.4 is 10.1 Å². The van der Waals surface area contributed by atoms with E-state index in [-0.39, 0.29) is 24.4 Å². The number of hydrogen-bond donors (Lipinski definition) is 1. The van der Waals surface area contributed by atoms with E-state index in [9.17, 15) is 9.59 Å². The van der Waals surface area contributed by atoms with Gasteiger partial charge in [0.15, 0.2) is 0 Å². The second kappa shape index (κ2) is 12.1. The number of amides is 2. The van der Waals surface area contributed by atoms with Crippen LogP contribution in [0.5, 0.6) is 5.75 Å². The van der Waals surface area contributed by atoms with Crippen molar-refractivity contribution in [3.05, 3.63) is 53.4 Å². The Morgan fingerprint density at radius 2 is 1.74 bits per heavy atom. The van der Waals surface area contributed by atoms with Gasteiger partial charge in [-0.2, -0.15) is 0 Å². The van der Waals surface area contributed by atoms with E-state index in [4.69, 9.17) is 9.47 Å². The van der Waals surface area contributed by atoms with Gasteiger partial charge in [0.2, 0.25) is 11.8 Å². The van der Waals surface area contributed by atoms with E-state index in [2.05, 4.69) is 5.32 Å². The zero-order valence-electron chi connectivity index (χ0n) is 21.9. The van der Waals surface area contributed by atoms with Crippen molar-refractivity contribution in [1.29, 1.82) is 0 Å². The zero-order chi connectivity index (χ0) is 25.4. The van der Waals surface area contributed by atoms with Gasteiger partial charge >= 0.3 is 0 Å². The fourth-order valence-electron chi connectivity index (χ4n) is 5.19. The van der Waals surface area contributed by atoms with Crippen LogP contribution in [0.25, 0.3) is 0 Å². The van der Waals surface area contributed by atoms with Crippen LogP contribution in [0.3, 0.4) is 0 Å². The van der Waals surface area contributed by atoms with Crippen molar-refractivity contribution in [1.82, 2.24) is 15.1 Å². The standard InChI is InChI=1S/C28H41N3O4/c1-6-24(25(7-2)35-5)30-19-26(32)31(18-21-14-16-23(34-4)17-15-21)28(3,20-30)27(33)29-22-12-10-8-9-11-13-22/h6-7,14-17,22H,8-13,18-20H2,1-5H3,(H,29,33)/b24-6-,25-7-. The lowest BCUT2D eigenvalue weighted by atomic mass is 9.92. The average molecular weight is 484 g/mol. The lowest BCUT2D eigenvalue weighted by Crippen LogP contribution is -2.69. The molecule has 1 N–H and O–H groups in total. The Balaban J connectivity index is 1.92. The summed E-state index contributed by atoms with van der Waals surface area (Å²) in [4.78, 5) is 31.2. The minimum absolute atomic E-state index is 0.0866. The Labute approximate surface area is 210 Å². The molecule has 0 aromatic heterocycles. The van der Waals surface area contributed by atoms with Crippen molar-refractivity contribution in [3.8, 4) is 5.75 Å². The largest absolute Gasteiger partial charge is 0.497 e. The van der Waals surface area contributed by atoms with Gasteiger partial charge in [0.05, 0.1) is 33.0 Å². The van der Waals surface area contributed by atoms with E-state index in [0.717, 1.165) is 42.7 Å². The zero-order valence-corrected chi connectivity index (χ0v) is 21.9. The molecule has 1 aromatic carbocycles. The lowest BCUT2D eigenvalue weighted by molar-refractivity contribution is -0.155. The smallest absolute Gasteiger partial charge is 0.247 e. The van der Waals surface area contributed by atoms with Gasteiger partial charge in [-0.3, -0.25) is 9.59 Å². The fourth-order valence-corrected chi connectivity index (χ4v) is 5.19. The Morgan fingerprint density at radius 3 is 2.29 bits per heavy atom. The number of benzene rings is 1. The van der Waals surface area contributed by atoms with Crippen molar-refractivity contribution in [3.63, 3.8) is 0 Å². The Bertz CT molecular complexity index is 932. The van der Waals surface area contributed by atoms with Crippen LogP contribution in [-0.4, -0.2) is 60.5 Å². The summed E-state index contributed by atoms with van der Waals surface area (Å²) in [6.45, 7) is 6.65. The summed E-state index contributed by atoms with van der Waals surface area (Å²) in [7, 11) is 3.25. The molecule has 0 radical (unpaired) electrons. The first-order valence-electron chi connectivity index (χ1n) is 12.7. The highest BCUT2D eigenvalue weighted by Gasteiger charge is 2.48. The van der Waals surface area contributed by atoms with Gasteiger partial charge in [-0.05, 0) is 57.4 Å². The molecule has 192 valence electrons. The van der Waals surface area contributed by atoms with Crippen LogP contribution in [0.4, 0.5) is 0 Å². The first kappa shape index (κ1) is 26.6. The Kier molecular flexibility index (Phi) is 9.24. The number of carbonyl (C=O) groups is 2. The van der Waals surface area contributed by atoms with Gasteiger partial charge in [0, 0.05) is 12.6 Å². The quantitative estimate of drug-likeness (QED) is 0.337. The molecular weight excluding hydrogens is 442 g/mol. The minimum atomic E-state index is -1.04. The third-order valence-corrected chi connectivity index (χ3v) is 7.25. The Morgan fingerprint density at radius 1 is 1.09 bits per heavy atom. The predicted molar refractivity (Wildman–Crippen MR) is 138 cm³/mol. The second-order valence-electron chi connectivity index (χ2n) is 9.65. The third-order valence-electron chi connectivity index (χ3n) is 7.25. The first-order valence-corrected chi connectivity index (χ1v) is 12.7. The predicted octanol–water partition coefficient (Wildman–Crippen LogP) is 4.39. The van der Waals surface area contributed by atoms with Gasteiger partial charge in [-0.1, -0.05) is 43.9 Å². The highest BCUT2D eigenvalue weighted by atomic mass is 16.5. The molecule has 0 spiro atoms. The molecule has 2 aliphatic rings. The van der Waals surface area contributed by atoms with E-state index in [1.807, 2.05) is 62.1 Å². The average Bonchev–Trinajstić information content (AvgIpc) is 3.13. The topological polar surface area (TPSA) is 71.1 Å². The van der Waals surface area contributed by atoms with E-state index in [1.54, 1.807) is 19.1 Å². The van der Waals surface area contributed by atoms with E-state index < -0.39 is 5.54 Å². The van der Waals surface area contributed by atoms with E-state index >= 15 is 0 Å². The van der Waals surface area contributed by atoms with Gasteiger partial charge in [0.25, 0.3) is 0 Å². The highest BCUT2D eigenvalue weighted by molar-refractivity contribution is 5.93. The highest BCUT2D eigenvalue weighted by Crippen LogP contribution is 2.31. The Hall–Kier alpha value is -2.96. The molecule has 1 atom stereocenters. The summed E-state index contributed by atoms with van der Waals surface area (Å²) >= 11 is 0. The number of allylic oxidation sites excluding steroid dienone is 2. The lowest BCUT2D eigenvalue weighted by Gasteiger charge is -2.49. The molecule has 1 aliphatic carbocycles. The van der Waals surface area contributed by atoms with Crippen molar-refractivity contribution in [2.24, 2.45) is 0 Å². The normalized spacial score (nSPS) is 22.6. The van der Waals surface area contributed by atoms with Crippen molar-refractivity contribution in [2.75, 3.05) is 27.3 Å². The summed E-state index contributed by atoms with van der Waals surface area (Å²) in [5, 5.41) is 3.31. The van der Waals surface area contributed by atoms with Gasteiger partial charge in [0.1, 0.15) is 17.0 Å². The molecule has 1 saturated carbocycles.